The maximum Gasteiger partial charge on any atom is 0.242 e. The van der Waals surface area contributed by atoms with Gasteiger partial charge in [-0.2, -0.15) is 0 Å². The number of rotatable bonds is 5. The molecule has 5 heteroatoms. The Hall–Kier alpha value is -1.88. The number of ether oxygens (including phenoxy) is 1. The van der Waals surface area contributed by atoms with E-state index in [1.807, 2.05) is 28.0 Å². The Balaban J connectivity index is 1.28. The molecule has 3 aliphatic rings. The number of carbonyl (C=O) groups excluding carboxylic acids is 2. The molecule has 0 radical (unpaired) electrons. The van der Waals surface area contributed by atoms with Crippen molar-refractivity contribution in [2.75, 3.05) is 26.2 Å². The van der Waals surface area contributed by atoms with E-state index in [2.05, 4.69) is 12.1 Å². The van der Waals surface area contributed by atoms with Gasteiger partial charge in [-0.05, 0) is 36.7 Å². The molecule has 0 bridgehead atoms. The molecule has 2 saturated heterocycles. The van der Waals surface area contributed by atoms with Gasteiger partial charge in [-0.25, -0.2) is 0 Å². The first kappa shape index (κ1) is 18.5. The molecule has 27 heavy (non-hydrogen) atoms. The van der Waals surface area contributed by atoms with Crippen molar-refractivity contribution in [3.63, 3.8) is 0 Å². The van der Waals surface area contributed by atoms with Crippen molar-refractivity contribution in [3.05, 3.63) is 35.9 Å². The summed E-state index contributed by atoms with van der Waals surface area (Å²) < 4.78 is 6.04. The second kappa shape index (κ2) is 8.01. The van der Waals surface area contributed by atoms with E-state index >= 15 is 0 Å². The van der Waals surface area contributed by atoms with Gasteiger partial charge in [0.2, 0.25) is 11.8 Å². The molecule has 5 nitrogen and oxygen atoms in total. The van der Waals surface area contributed by atoms with Crippen LogP contribution in [0, 0.1) is 5.41 Å². The SMILES string of the molecule is O=C(CN1CC2(CCCC2)CC1=O)N1CCC[C@@H](OCc2ccccc2)C1. The molecule has 2 amide bonds. The van der Waals surface area contributed by atoms with E-state index in [1.165, 1.54) is 12.8 Å². The molecule has 4 rings (SSSR count). The van der Waals surface area contributed by atoms with Gasteiger partial charge in [0.25, 0.3) is 0 Å². The third-order valence-corrected chi connectivity index (χ3v) is 6.45. The van der Waals surface area contributed by atoms with Crippen LogP contribution in [0.1, 0.15) is 50.5 Å². The van der Waals surface area contributed by atoms with Gasteiger partial charge in [0.05, 0.1) is 19.3 Å². The molecule has 0 N–H and O–H groups in total. The van der Waals surface area contributed by atoms with Gasteiger partial charge in [-0.1, -0.05) is 43.2 Å². The van der Waals surface area contributed by atoms with Crippen molar-refractivity contribution in [1.82, 2.24) is 9.80 Å². The average molecular weight is 370 g/mol. The van der Waals surface area contributed by atoms with Crippen molar-refractivity contribution in [1.29, 1.82) is 0 Å². The van der Waals surface area contributed by atoms with Crippen molar-refractivity contribution < 1.29 is 14.3 Å². The molecule has 1 aromatic rings. The molecule has 1 saturated carbocycles. The molecule has 0 aromatic heterocycles. The fourth-order valence-electron chi connectivity index (χ4n) is 4.94. The van der Waals surface area contributed by atoms with E-state index < -0.39 is 0 Å². The lowest BCUT2D eigenvalue weighted by molar-refractivity contribution is -0.141. The highest BCUT2D eigenvalue weighted by Gasteiger charge is 2.45. The van der Waals surface area contributed by atoms with Crippen LogP contribution in [0.25, 0.3) is 0 Å². The number of piperidine rings is 1. The number of carbonyl (C=O) groups is 2. The third kappa shape index (κ3) is 4.34. The van der Waals surface area contributed by atoms with Crippen LogP contribution >= 0.6 is 0 Å². The first-order chi connectivity index (χ1) is 13.1. The minimum absolute atomic E-state index is 0.0754. The number of benzene rings is 1. The summed E-state index contributed by atoms with van der Waals surface area (Å²) in [5.74, 6) is 0.241. The number of likely N-dealkylation sites (tertiary alicyclic amines) is 2. The minimum Gasteiger partial charge on any atom is -0.372 e. The van der Waals surface area contributed by atoms with Crippen molar-refractivity contribution in [3.8, 4) is 0 Å². The molecule has 1 aromatic carbocycles. The van der Waals surface area contributed by atoms with Crippen LogP contribution in [-0.4, -0.2) is 53.9 Å². The molecule has 1 spiro atoms. The fourth-order valence-corrected chi connectivity index (χ4v) is 4.94. The number of hydrogen-bond donors (Lipinski definition) is 0. The molecule has 1 aliphatic carbocycles. The van der Waals surface area contributed by atoms with E-state index in [0.29, 0.717) is 19.6 Å². The first-order valence-corrected chi connectivity index (χ1v) is 10.3. The summed E-state index contributed by atoms with van der Waals surface area (Å²) in [6.07, 6.45) is 7.40. The second-order valence-electron chi connectivity index (χ2n) is 8.53. The van der Waals surface area contributed by atoms with Gasteiger partial charge < -0.3 is 14.5 Å². The predicted octanol–water partition coefficient (Wildman–Crippen LogP) is 2.99. The molecular weight excluding hydrogens is 340 g/mol. The Labute approximate surface area is 161 Å². The Morgan fingerprint density at radius 3 is 2.70 bits per heavy atom. The Morgan fingerprint density at radius 1 is 1.15 bits per heavy atom. The van der Waals surface area contributed by atoms with Crippen molar-refractivity contribution in [2.45, 2.75) is 57.7 Å². The van der Waals surface area contributed by atoms with Crippen LogP contribution < -0.4 is 0 Å². The Kier molecular flexibility index (Phi) is 5.48. The summed E-state index contributed by atoms with van der Waals surface area (Å²) in [4.78, 5) is 28.9. The fraction of sp³-hybridized carbons (Fsp3) is 0.636. The molecule has 0 unspecified atom stereocenters. The van der Waals surface area contributed by atoms with Gasteiger partial charge in [-0.3, -0.25) is 9.59 Å². The van der Waals surface area contributed by atoms with Crippen LogP contribution in [0.4, 0.5) is 0 Å². The quantitative estimate of drug-likeness (QED) is 0.801. The third-order valence-electron chi connectivity index (χ3n) is 6.45. The monoisotopic (exact) mass is 370 g/mol. The topological polar surface area (TPSA) is 49.9 Å². The first-order valence-electron chi connectivity index (χ1n) is 10.3. The second-order valence-corrected chi connectivity index (χ2v) is 8.53. The van der Waals surface area contributed by atoms with E-state index in [4.69, 9.17) is 4.74 Å². The highest BCUT2D eigenvalue weighted by Crippen LogP contribution is 2.45. The normalized spacial score (nSPS) is 24.7. The van der Waals surface area contributed by atoms with E-state index in [1.54, 1.807) is 0 Å². The lowest BCUT2D eigenvalue weighted by Crippen LogP contribution is -2.47. The number of amides is 2. The predicted molar refractivity (Wildman–Crippen MR) is 103 cm³/mol. The zero-order chi connectivity index (χ0) is 18.7. The maximum atomic E-state index is 12.8. The zero-order valence-electron chi connectivity index (χ0n) is 16.1. The summed E-state index contributed by atoms with van der Waals surface area (Å²) in [5.41, 5.74) is 1.33. The van der Waals surface area contributed by atoms with Crippen LogP contribution in [0.15, 0.2) is 30.3 Å². The summed E-state index contributed by atoms with van der Waals surface area (Å²) in [6.45, 7) is 3.02. The highest BCUT2D eigenvalue weighted by molar-refractivity contribution is 5.86. The molecule has 1 atom stereocenters. The summed E-state index contributed by atoms with van der Waals surface area (Å²) in [7, 11) is 0. The molecule has 146 valence electrons. The standard InChI is InChI=1S/C22H30N2O3/c25-20-13-22(10-4-5-11-22)17-24(20)15-21(26)23-12-6-9-19(14-23)27-16-18-7-2-1-3-8-18/h1-3,7-8,19H,4-6,9-17H2/t19-/m1/s1. The van der Waals surface area contributed by atoms with Crippen LogP contribution in [0.2, 0.25) is 0 Å². The molecular formula is C22H30N2O3. The Morgan fingerprint density at radius 2 is 1.93 bits per heavy atom. The summed E-state index contributed by atoms with van der Waals surface area (Å²) in [5, 5.41) is 0. The number of hydrogen-bond acceptors (Lipinski definition) is 3. The average Bonchev–Trinajstić information content (AvgIpc) is 3.27. The Bertz CT molecular complexity index is 669. The minimum atomic E-state index is 0.0754. The van der Waals surface area contributed by atoms with Crippen LogP contribution in [-0.2, 0) is 20.9 Å². The summed E-state index contributed by atoms with van der Waals surface area (Å²) in [6, 6.07) is 10.1. The molecule has 2 heterocycles. The van der Waals surface area contributed by atoms with Crippen LogP contribution in [0.5, 0.6) is 0 Å². The van der Waals surface area contributed by atoms with E-state index in [0.717, 1.165) is 44.3 Å². The molecule has 3 fully saturated rings. The lowest BCUT2D eigenvalue weighted by atomic mass is 9.85. The number of nitrogens with zero attached hydrogens (tertiary/aromatic N) is 2. The molecule has 2 aliphatic heterocycles. The van der Waals surface area contributed by atoms with Crippen LogP contribution in [0.3, 0.4) is 0 Å². The maximum absolute atomic E-state index is 12.8. The van der Waals surface area contributed by atoms with Gasteiger partial charge in [-0.15, -0.1) is 0 Å². The highest BCUT2D eigenvalue weighted by atomic mass is 16.5. The zero-order valence-corrected chi connectivity index (χ0v) is 16.1. The smallest absolute Gasteiger partial charge is 0.242 e. The van der Waals surface area contributed by atoms with Gasteiger partial charge in [0.15, 0.2) is 0 Å². The van der Waals surface area contributed by atoms with E-state index in [-0.39, 0.29) is 29.9 Å². The summed E-state index contributed by atoms with van der Waals surface area (Å²) >= 11 is 0. The van der Waals surface area contributed by atoms with Crippen molar-refractivity contribution >= 4 is 11.8 Å². The van der Waals surface area contributed by atoms with Gasteiger partial charge >= 0.3 is 0 Å². The largest absolute Gasteiger partial charge is 0.372 e. The van der Waals surface area contributed by atoms with E-state index in [9.17, 15) is 9.59 Å². The van der Waals surface area contributed by atoms with Gasteiger partial charge in [0, 0.05) is 26.1 Å². The van der Waals surface area contributed by atoms with Gasteiger partial charge in [0.1, 0.15) is 0 Å². The lowest BCUT2D eigenvalue weighted by Gasteiger charge is -2.34. The van der Waals surface area contributed by atoms with Crippen molar-refractivity contribution in [2.24, 2.45) is 5.41 Å².